The Balaban J connectivity index is 2.44. The van der Waals surface area contributed by atoms with Gasteiger partial charge in [0.15, 0.2) is 0 Å². The minimum absolute atomic E-state index is 0.0228. The summed E-state index contributed by atoms with van der Waals surface area (Å²) in [6.45, 7) is 0. The molecule has 2 aromatic rings. The number of methoxy groups -OCH3 is 1. The molecule has 0 radical (unpaired) electrons. The van der Waals surface area contributed by atoms with E-state index in [1.165, 1.54) is 7.11 Å². The van der Waals surface area contributed by atoms with E-state index in [4.69, 9.17) is 16.3 Å². The SMILES string of the molecule is CO/C=C(/C(=O)O)c1ccccc1C(Cc1ccc(Cl)cc1)=NO. The number of rotatable bonds is 6. The van der Waals surface area contributed by atoms with Gasteiger partial charge in [0, 0.05) is 22.6 Å². The molecular weight excluding hydrogens is 330 g/mol. The van der Waals surface area contributed by atoms with Crippen molar-refractivity contribution in [2.45, 2.75) is 6.42 Å². The zero-order valence-corrected chi connectivity index (χ0v) is 13.7. The zero-order chi connectivity index (χ0) is 17.5. The van der Waals surface area contributed by atoms with Crippen molar-refractivity contribution in [1.82, 2.24) is 0 Å². The molecule has 0 spiro atoms. The van der Waals surface area contributed by atoms with Crippen LogP contribution in [0.4, 0.5) is 0 Å². The molecule has 2 rings (SSSR count). The zero-order valence-electron chi connectivity index (χ0n) is 12.9. The fourth-order valence-corrected chi connectivity index (χ4v) is 2.42. The van der Waals surface area contributed by atoms with Crippen molar-refractivity contribution in [1.29, 1.82) is 0 Å². The van der Waals surface area contributed by atoms with Gasteiger partial charge in [0.25, 0.3) is 0 Å². The first-order valence-corrected chi connectivity index (χ1v) is 7.46. The van der Waals surface area contributed by atoms with Crippen LogP contribution in [0.5, 0.6) is 0 Å². The smallest absolute Gasteiger partial charge is 0.339 e. The molecule has 0 bridgehead atoms. The first-order chi connectivity index (χ1) is 11.6. The number of hydrogen-bond acceptors (Lipinski definition) is 4. The highest BCUT2D eigenvalue weighted by molar-refractivity contribution is 6.30. The molecule has 0 saturated carbocycles. The Kier molecular flexibility index (Phi) is 5.98. The summed E-state index contributed by atoms with van der Waals surface area (Å²) in [5.74, 6) is -1.13. The third-order valence-electron chi connectivity index (χ3n) is 3.40. The molecule has 5 nitrogen and oxygen atoms in total. The quantitative estimate of drug-likeness (QED) is 0.274. The summed E-state index contributed by atoms with van der Waals surface area (Å²) < 4.78 is 4.86. The summed E-state index contributed by atoms with van der Waals surface area (Å²) in [4.78, 5) is 11.5. The van der Waals surface area contributed by atoms with E-state index in [1.54, 1.807) is 36.4 Å². The Hall–Kier alpha value is -2.79. The molecule has 2 aromatic carbocycles. The van der Waals surface area contributed by atoms with Crippen LogP contribution in [0.15, 0.2) is 59.9 Å². The number of carboxylic acid groups (broad SMARTS) is 1. The maximum absolute atomic E-state index is 11.5. The topological polar surface area (TPSA) is 79.1 Å². The van der Waals surface area contributed by atoms with Gasteiger partial charge in [0.05, 0.1) is 19.1 Å². The van der Waals surface area contributed by atoms with Crippen molar-refractivity contribution < 1.29 is 19.8 Å². The number of benzene rings is 2. The first kappa shape index (κ1) is 17.6. The van der Waals surface area contributed by atoms with Crippen molar-refractivity contribution in [3.63, 3.8) is 0 Å². The van der Waals surface area contributed by atoms with E-state index in [0.29, 0.717) is 28.3 Å². The van der Waals surface area contributed by atoms with Crippen molar-refractivity contribution in [2.24, 2.45) is 5.16 Å². The molecule has 0 saturated heterocycles. The number of carboxylic acids is 1. The summed E-state index contributed by atoms with van der Waals surface area (Å²) in [7, 11) is 1.38. The Bertz CT molecular complexity index is 782. The van der Waals surface area contributed by atoms with Gasteiger partial charge in [-0.15, -0.1) is 0 Å². The van der Waals surface area contributed by atoms with Gasteiger partial charge in [0.1, 0.15) is 5.57 Å². The van der Waals surface area contributed by atoms with Gasteiger partial charge in [-0.2, -0.15) is 0 Å². The lowest BCUT2D eigenvalue weighted by Gasteiger charge is -2.12. The van der Waals surface area contributed by atoms with Crippen LogP contribution < -0.4 is 0 Å². The summed E-state index contributed by atoms with van der Waals surface area (Å²) >= 11 is 5.87. The molecule has 0 heterocycles. The largest absolute Gasteiger partial charge is 0.503 e. The maximum atomic E-state index is 11.5. The molecule has 0 amide bonds. The van der Waals surface area contributed by atoms with Gasteiger partial charge >= 0.3 is 5.97 Å². The Labute approximate surface area is 144 Å². The van der Waals surface area contributed by atoms with Crippen LogP contribution in [0.1, 0.15) is 16.7 Å². The van der Waals surface area contributed by atoms with E-state index >= 15 is 0 Å². The minimum Gasteiger partial charge on any atom is -0.503 e. The predicted molar refractivity (Wildman–Crippen MR) is 92.5 cm³/mol. The lowest BCUT2D eigenvalue weighted by atomic mass is 9.94. The van der Waals surface area contributed by atoms with Crippen molar-refractivity contribution in [2.75, 3.05) is 7.11 Å². The van der Waals surface area contributed by atoms with E-state index in [2.05, 4.69) is 5.16 Å². The number of aliphatic carboxylic acids is 1. The molecule has 0 unspecified atom stereocenters. The Morgan fingerprint density at radius 2 is 1.79 bits per heavy atom. The van der Waals surface area contributed by atoms with Crippen molar-refractivity contribution >= 4 is 28.9 Å². The number of oxime groups is 1. The van der Waals surface area contributed by atoms with E-state index in [-0.39, 0.29) is 5.57 Å². The monoisotopic (exact) mass is 345 g/mol. The van der Waals surface area contributed by atoms with E-state index in [0.717, 1.165) is 11.8 Å². The maximum Gasteiger partial charge on any atom is 0.339 e. The second-order valence-electron chi connectivity index (χ2n) is 4.97. The van der Waals surface area contributed by atoms with E-state index in [1.807, 2.05) is 12.1 Å². The lowest BCUT2D eigenvalue weighted by molar-refractivity contribution is -0.130. The van der Waals surface area contributed by atoms with Gasteiger partial charge in [-0.3, -0.25) is 0 Å². The van der Waals surface area contributed by atoms with Crippen LogP contribution in [-0.4, -0.2) is 29.1 Å². The van der Waals surface area contributed by atoms with Gasteiger partial charge in [0.2, 0.25) is 0 Å². The number of hydrogen-bond donors (Lipinski definition) is 2. The highest BCUT2D eigenvalue weighted by Gasteiger charge is 2.18. The van der Waals surface area contributed by atoms with Gasteiger partial charge in [-0.25, -0.2) is 4.79 Å². The van der Waals surface area contributed by atoms with Crippen molar-refractivity contribution in [3.05, 3.63) is 76.5 Å². The predicted octanol–water partition coefficient (Wildman–Crippen LogP) is 3.83. The molecule has 0 aliphatic heterocycles. The molecule has 24 heavy (non-hydrogen) atoms. The molecule has 0 fully saturated rings. The summed E-state index contributed by atoms with van der Waals surface area (Å²) in [6, 6.07) is 13.9. The average molecular weight is 346 g/mol. The van der Waals surface area contributed by atoms with E-state index < -0.39 is 5.97 Å². The molecule has 0 aromatic heterocycles. The molecule has 0 atom stereocenters. The normalized spacial score (nSPS) is 12.1. The fraction of sp³-hybridized carbons (Fsp3) is 0.111. The van der Waals surface area contributed by atoms with Crippen LogP contribution in [0, 0.1) is 0 Å². The standard InChI is InChI=1S/C18H16ClNO4/c1-24-11-16(18(21)22)14-4-2-3-5-15(14)17(20-23)10-12-6-8-13(19)9-7-12/h2-9,11,23H,10H2,1H3,(H,21,22)/b16-11+,20-17?. The number of ether oxygens (including phenoxy) is 1. The summed E-state index contributed by atoms with van der Waals surface area (Å²) in [5.41, 5.74) is 2.13. The Morgan fingerprint density at radius 1 is 1.17 bits per heavy atom. The minimum atomic E-state index is -1.13. The van der Waals surface area contributed by atoms with Crippen LogP contribution in [-0.2, 0) is 16.0 Å². The summed E-state index contributed by atoms with van der Waals surface area (Å²) in [6.07, 6.45) is 1.48. The number of halogens is 1. The summed E-state index contributed by atoms with van der Waals surface area (Å²) in [5, 5.41) is 22.8. The van der Waals surface area contributed by atoms with Crippen LogP contribution in [0.2, 0.25) is 5.02 Å². The third-order valence-corrected chi connectivity index (χ3v) is 3.65. The Morgan fingerprint density at radius 3 is 2.33 bits per heavy atom. The lowest BCUT2D eigenvalue weighted by Crippen LogP contribution is -2.11. The molecule has 0 aliphatic rings. The fourth-order valence-electron chi connectivity index (χ4n) is 2.30. The second kappa shape index (κ2) is 8.17. The highest BCUT2D eigenvalue weighted by Crippen LogP contribution is 2.22. The van der Waals surface area contributed by atoms with Crippen LogP contribution in [0.3, 0.4) is 0 Å². The van der Waals surface area contributed by atoms with E-state index in [9.17, 15) is 15.1 Å². The third kappa shape index (κ3) is 4.14. The molecule has 6 heteroatoms. The van der Waals surface area contributed by atoms with Crippen molar-refractivity contribution in [3.8, 4) is 0 Å². The average Bonchev–Trinajstić information content (AvgIpc) is 2.59. The molecule has 124 valence electrons. The van der Waals surface area contributed by atoms with Gasteiger partial charge in [-0.1, -0.05) is 53.2 Å². The van der Waals surface area contributed by atoms with Crippen LogP contribution >= 0.6 is 11.6 Å². The number of carbonyl (C=O) groups is 1. The highest BCUT2D eigenvalue weighted by atomic mass is 35.5. The molecule has 0 aliphatic carbocycles. The molecule has 2 N–H and O–H groups in total. The molecular formula is C18H16ClNO4. The van der Waals surface area contributed by atoms with Gasteiger partial charge < -0.3 is 15.1 Å². The van der Waals surface area contributed by atoms with Gasteiger partial charge in [-0.05, 0) is 17.7 Å². The first-order valence-electron chi connectivity index (χ1n) is 7.08. The van der Waals surface area contributed by atoms with Crippen LogP contribution in [0.25, 0.3) is 5.57 Å². The number of nitrogens with zero attached hydrogens (tertiary/aromatic N) is 1. The second-order valence-corrected chi connectivity index (χ2v) is 5.40.